The van der Waals surface area contributed by atoms with E-state index in [1.54, 1.807) is 25.4 Å². The highest BCUT2D eigenvalue weighted by atomic mass is 35.5. The van der Waals surface area contributed by atoms with Crippen LogP contribution in [0.5, 0.6) is 5.75 Å². The lowest BCUT2D eigenvalue weighted by Gasteiger charge is -2.33. The van der Waals surface area contributed by atoms with Crippen molar-refractivity contribution >= 4 is 36.6 Å². The van der Waals surface area contributed by atoms with Crippen molar-refractivity contribution in [2.45, 2.75) is 31.9 Å². The fourth-order valence-electron chi connectivity index (χ4n) is 4.32. The zero-order valence-electron chi connectivity index (χ0n) is 20.7. The zero-order valence-corrected chi connectivity index (χ0v) is 23.1. The first-order valence-electron chi connectivity index (χ1n) is 11.7. The van der Waals surface area contributed by atoms with Crippen LogP contribution in [0.3, 0.4) is 0 Å². The molecule has 1 aromatic carbocycles. The van der Waals surface area contributed by atoms with Crippen molar-refractivity contribution in [3.63, 3.8) is 0 Å². The van der Waals surface area contributed by atoms with Crippen LogP contribution in [0, 0.1) is 5.82 Å². The van der Waals surface area contributed by atoms with Crippen molar-refractivity contribution < 1.29 is 22.7 Å². The third-order valence-corrected chi connectivity index (χ3v) is 9.04. The lowest BCUT2D eigenvalue weighted by atomic mass is 10.1. The van der Waals surface area contributed by atoms with Gasteiger partial charge in [-0.05, 0) is 38.0 Å². The first-order valence-corrected chi connectivity index (χ1v) is 14.2. The predicted octanol–water partition coefficient (Wildman–Crippen LogP) is 6.19. The van der Waals surface area contributed by atoms with Crippen LogP contribution in [0.2, 0.25) is 10.0 Å². The molecule has 0 amide bonds. The van der Waals surface area contributed by atoms with E-state index in [0.29, 0.717) is 16.3 Å². The summed E-state index contributed by atoms with van der Waals surface area (Å²) in [6.45, 7) is 3.21. The summed E-state index contributed by atoms with van der Waals surface area (Å²) in [5.41, 5.74) is 8.00. The van der Waals surface area contributed by atoms with Gasteiger partial charge in [0.1, 0.15) is 18.2 Å². The van der Waals surface area contributed by atoms with Crippen LogP contribution in [-0.4, -0.2) is 53.3 Å². The van der Waals surface area contributed by atoms with Gasteiger partial charge in [-0.2, -0.15) is 5.10 Å². The standard InChI is InChI=1S/C24H29Cl2FN5O4P/c1-15(22-19(25)4-5-20(27)23(22)26)36-21-10-16(11-29-24(21)28)17-12-30-32(13-17)18-6-8-31(9-7-18)14-37(33,34-2)35-3/h4-5,10-13,15,18H,6-9,14H2,1-3H3,(H2,28,29). The van der Waals surface area contributed by atoms with Gasteiger partial charge in [0.2, 0.25) is 0 Å². The fourth-order valence-corrected chi connectivity index (χ4v) is 6.15. The second-order valence-electron chi connectivity index (χ2n) is 8.80. The van der Waals surface area contributed by atoms with Gasteiger partial charge >= 0.3 is 7.60 Å². The van der Waals surface area contributed by atoms with Crippen molar-refractivity contribution in [3.8, 4) is 16.9 Å². The summed E-state index contributed by atoms with van der Waals surface area (Å²) in [4.78, 5) is 6.35. The van der Waals surface area contributed by atoms with Crippen LogP contribution in [-0.2, 0) is 13.6 Å². The van der Waals surface area contributed by atoms with Gasteiger partial charge in [0.05, 0.1) is 17.3 Å². The molecule has 200 valence electrons. The number of nitrogens with two attached hydrogens (primary N) is 1. The Bertz CT molecular complexity index is 1290. The van der Waals surface area contributed by atoms with E-state index >= 15 is 0 Å². The Hall–Kier alpha value is -2.20. The van der Waals surface area contributed by atoms with Crippen molar-refractivity contribution in [2.75, 3.05) is 39.3 Å². The molecule has 1 aliphatic rings. The Labute approximate surface area is 225 Å². The van der Waals surface area contributed by atoms with Crippen LogP contribution in [0.1, 0.15) is 37.5 Å². The molecule has 1 atom stereocenters. The minimum atomic E-state index is -3.08. The third-order valence-electron chi connectivity index (χ3n) is 6.47. The predicted molar refractivity (Wildman–Crippen MR) is 142 cm³/mol. The molecule has 3 heterocycles. The van der Waals surface area contributed by atoms with E-state index in [1.165, 1.54) is 26.4 Å². The number of nitrogen functional groups attached to an aromatic ring is 1. The normalized spacial score (nSPS) is 16.2. The van der Waals surface area contributed by atoms with E-state index in [2.05, 4.69) is 15.0 Å². The highest BCUT2D eigenvalue weighted by Crippen LogP contribution is 2.47. The van der Waals surface area contributed by atoms with Gasteiger partial charge in [-0.1, -0.05) is 23.2 Å². The molecule has 0 spiro atoms. The summed E-state index contributed by atoms with van der Waals surface area (Å²) in [6, 6.07) is 4.60. The lowest BCUT2D eigenvalue weighted by molar-refractivity contribution is 0.180. The quantitative estimate of drug-likeness (QED) is 0.239. The number of nitrogens with zero attached hydrogens (tertiary/aromatic N) is 4. The number of pyridine rings is 1. The Balaban J connectivity index is 1.45. The number of ether oxygens (including phenoxy) is 1. The van der Waals surface area contributed by atoms with Gasteiger partial charge in [0, 0.05) is 61.4 Å². The minimum absolute atomic E-state index is 0.0951. The Kier molecular flexibility index (Phi) is 8.78. The molecular weight excluding hydrogens is 543 g/mol. The van der Waals surface area contributed by atoms with E-state index in [9.17, 15) is 8.96 Å². The average molecular weight is 572 g/mol. The number of hydrogen-bond donors (Lipinski definition) is 1. The molecule has 1 fully saturated rings. The number of piperidine rings is 1. The van der Waals surface area contributed by atoms with E-state index < -0.39 is 19.5 Å². The average Bonchev–Trinajstić information content (AvgIpc) is 3.38. The second kappa shape index (κ2) is 11.7. The number of anilines is 1. The molecule has 0 radical (unpaired) electrons. The molecule has 1 aliphatic heterocycles. The maximum Gasteiger partial charge on any atom is 0.344 e. The Morgan fingerprint density at radius 2 is 1.89 bits per heavy atom. The topological polar surface area (TPSA) is 105 Å². The highest BCUT2D eigenvalue weighted by Gasteiger charge is 2.29. The van der Waals surface area contributed by atoms with Gasteiger partial charge in [-0.25, -0.2) is 9.37 Å². The monoisotopic (exact) mass is 571 g/mol. The molecule has 0 saturated carbocycles. The highest BCUT2D eigenvalue weighted by molar-refractivity contribution is 7.53. The van der Waals surface area contributed by atoms with Gasteiger partial charge in [0.15, 0.2) is 11.6 Å². The van der Waals surface area contributed by atoms with Crippen molar-refractivity contribution in [1.29, 1.82) is 0 Å². The Morgan fingerprint density at radius 3 is 2.57 bits per heavy atom. The van der Waals surface area contributed by atoms with E-state index in [1.807, 2.05) is 10.9 Å². The molecule has 4 rings (SSSR count). The molecule has 2 N–H and O–H groups in total. The molecule has 13 heteroatoms. The minimum Gasteiger partial charge on any atom is -0.482 e. The van der Waals surface area contributed by atoms with Crippen molar-refractivity contribution in [1.82, 2.24) is 19.7 Å². The summed E-state index contributed by atoms with van der Waals surface area (Å²) < 4.78 is 44.5. The molecule has 1 unspecified atom stereocenters. The number of hydrogen-bond acceptors (Lipinski definition) is 8. The fraction of sp³-hybridized carbons (Fsp3) is 0.417. The van der Waals surface area contributed by atoms with Gasteiger partial charge in [-0.3, -0.25) is 14.1 Å². The largest absolute Gasteiger partial charge is 0.482 e. The van der Waals surface area contributed by atoms with E-state index in [-0.39, 0.29) is 23.2 Å². The zero-order chi connectivity index (χ0) is 26.7. The van der Waals surface area contributed by atoms with Crippen LogP contribution < -0.4 is 10.5 Å². The van der Waals surface area contributed by atoms with Crippen LogP contribution in [0.4, 0.5) is 10.2 Å². The van der Waals surface area contributed by atoms with E-state index in [4.69, 9.17) is 42.7 Å². The molecule has 9 nitrogen and oxygen atoms in total. The third kappa shape index (κ3) is 6.28. The summed E-state index contributed by atoms with van der Waals surface area (Å²) in [5, 5.41) is 4.76. The summed E-state index contributed by atoms with van der Waals surface area (Å²) in [7, 11) is -0.283. The molecule has 1 saturated heterocycles. The number of likely N-dealkylation sites (tertiary alicyclic amines) is 1. The lowest BCUT2D eigenvalue weighted by Crippen LogP contribution is -2.35. The smallest absolute Gasteiger partial charge is 0.344 e. The maximum atomic E-state index is 14.0. The van der Waals surface area contributed by atoms with Crippen LogP contribution in [0.25, 0.3) is 11.1 Å². The van der Waals surface area contributed by atoms with Gasteiger partial charge in [-0.15, -0.1) is 0 Å². The molecule has 0 aliphatic carbocycles. The first kappa shape index (κ1) is 27.8. The van der Waals surface area contributed by atoms with Crippen LogP contribution >= 0.6 is 30.8 Å². The Morgan fingerprint density at radius 1 is 1.19 bits per heavy atom. The summed E-state index contributed by atoms with van der Waals surface area (Å²) in [5.74, 6) is -0.0763. The molecular formula is C24H29Cl2FN5O4P. The van der Waals surface area contributed by atoms with Gasteiger partial charge in [0.25, 0.3) is 0 Å². The second-order valence-corrected chi connectivity index (χ2v) is 11.8. The van der Waals surface area contributed by atoms with Crippen molar-refractivity contribution in [3.05, 3.63) is 58.2 Å². The van der Waals surface area contributed by atoms with Gasteiger partial charge < -0.3 is 19.5 Å². The van der Waals surface area contributed by atoms with Crippen molar-refractivity contribution in [2.24, 2.45) is 0 Å². The molecule has 2 aromatic heterocycles. The SMILES string of the molecule is COP(=O)(CN1CCC(n2cc(-c3cnc(N)c(OC(C)c4c(Cl)ccc(F)c4Cl)c3)cn2)CC1)OC. The summed E-state index contributed by atoms with van der Waals surface area (Å²) in [6.07, 6.45) is 6.64. The molecule has 37 heavy (non-hydrogen) atoms. The number of halogens is 3. The first-order chi connectivity index (χ1) is 17.6. The molecule has 0 bridgehead atoms. The number of benzene rings is 1. The number of rotatable bonds is 9. The van der Waals surface area contributed by atoms with E-state index in [0.717, 1.165) is 37.1 Å². The summed E-state index contributed by atoms with van der Waals surface area (Å²) >= 11 is 12.4. The maximum absolute atomic E-state index is 14.0. The number of aromatic nitrogens is 3. The molecule has 3 aromatic rings. The van der Waals surface area contributed by atoms with Crippen LogP contribution in [0.15, 0.2) is 36.8 Å².